The minimum absolute atomic E-state index is 1.01. The second-order valence-electron chi connectivity index (χ2n) is 3.77. The van der Waals surface area contributed by atoms with Gasteiger partial charge in [-0.25, -0.2) is 4.68 Å². The molecule has 0 aliphatic rings. The predicted octanol–water partition coefficient (Wildman–Crippen LogP) is 4.03. The number of aromatic nitrogens is 2. The monoisotopic (exact) mass is 224 g/mol. The van der Waals surface area contributed by atoms with Gasteiger partial charge in [0.1, 0.15) is 0 Å². The summed E-state index contributed by atoms with van der Waals surface area (Å²) in [5.74, 6) is 0. The molecule has 2 nitrogen and oxygen atoms in total. The van der Waals surface area contributed by atoms with E-state index in [1.54, 1.807) is 6.08 Å². The number of benzene rings is 1. The summed E-state index contributed by atoms with van der Waals surface area (Å²) in [6.07, 6.45) is 11.0. The van der Waals surface area contributed by atoms with Gasteiger partial charge in [0.05, 0.1) is 11.2 Å². The van der Waals surface area contributed by atoms with Crippen molar-refractivity contribution in [2.45, 2.75) is 13.3 Å². The standard InChI is InChI=1S/C15H16N2/c1-3-5-10-14(8-4-2)17-12-13-9-6-7-11-15(13)16-17/h4-12H,2-3H2,1H3/b10-5-,14-8+. The molecule has 1 aromatic carbocycles. The van der Waals surface area contributed by atoms with Gasteiger partial charge in [-0.05, 0) is 24.6 Å². The van der Waals surface area contributed by atoms with E-state index in [0.717, 1.165) is 23.0 Å². The Hall–Kier alpha value is -2.09. The number of fused-ring (bicyclic) bond motifs is 1. The first kappa shape index (κ1) is 11.4. The molecule has 0 amide bonds. The molecular weight excluding hydrogens is 208 g/mol. The van der Waals surface area contributed by atoms with E-state index in [0.29, 0.717) is 0 Å². The molecule has 2 aromatic rings. The van der Waals surface area contributed by atoms with Gasteiger partial charge in [0, 0.05) is 11.6 Å². The number of allylic oxidation sites excluding steroid dienone is 5. The fourth-order valence-corrected chi connectivity index (χ4v) is 1.66. The van der Waals surface area contributed by atoms with Gasteiger partial charge in [-0.15, -0.1) is 0 Å². The average molecular weight is 224 g/mol. The highest BCUT2D eigenvalue weighted by Crippen LogP contribution is 2.15. The molecule has 0 bridgehead atoms. The van der Waals surface area contributed by atoms with Crippen LogP contribution in [0, 0.1) is 0 Å². The molecule has 1 heterocycles. The van der Waals surface area contributed by atoms with Crippen molar-refractivity contribution >= 4 is 16.6 Å². The van der Waals surface area contributed by atoms with E-state index in [-0.39, 0.29) is 0 Å². The molecule has 0 saturated heterocycles. The zero-order valence-corrected chi connectivity index (χ0v) is 10.0. The number of hydrogen-bond acceptors (Lipinski definition) is 1. The highest BCUT2D eigenvalue weighted by Gasteiger charge is 2.01. The van der Waals surface area contributed by atoms with Crippen molar-refractivity contribution in [2.75, 3.05) is 0 Å². The van der Waals surface area contributed by atoms with Crippen LogP contribution in [0.4, 0.5) is 0 Å². The largest absolute Gasteiger partial charge is 0.240 e. The zero-order valence-electron chi connectivity index (χ0n) is 10.0. The first-order valence-corrected chi connectivity index (χ1v) is 5.79. The van der Waals surface area contributed by atoms with E-state index in [9.17, 15) is 0 Å². The summed E-state index contributed by atoms with van der Waals surface area (Å²) in [5, 5.41) is 5.68. The summed E-state index contributed by atoms with van der Waals surface area (Å²) < 4.78 is 1.89. The van der Waals surface area contributed by atoms with Crippen LogP contribution in [0.3, 0.4) is 0 Å². The molecule has 0 fully saturated rings. The quantitative estimate of drug-likeness (QED) is 0.717. The lowest BCUT2D eigenvalue weighted by Crippen LogP contribution is -1.94. The molecule has 0 radical (unpaired) electrons. The summed E-state index contributed by atoms with van der Waals surface area (Å²) in [6, 6.07) is 8.10. The van der Waals surface area contributed by atoms with Gasteiger partial charge in [0.15, 0.2) is 0 Å². The molecule has 0 spiro atoms. The van der Waals surface area contributed by atoms with Crippen LogP contribution >= 0.6 is 0 Å². The number of nitrogens with zero attached hydrogens (tertiary/aromatic N) is 2. The van der Waals surface area contributed by atoms with Crippen LogP contribution in [0.2, 0.25) is 0 Å². The SMILES string of the molecule is C=C/C=C(\C=C/CC)n1cc2ccccc2n1. The molecule has 0 atom stereocenters. The van der Waals surface area contributed by atoms with Crippen molar-refractivity contribution in [2.24, 2.45) is 0 Å². The number of hydrogen-bond donors (Lipinski definition) is 0. The summed E-state index contributed by atoms with van der Waals surface area (Å²) >= 11 is 0. The first-order chi connectivity index (χ1) is 8.35. The van der Waals surface area contributed by atoms with Gasteiger partial charge >= 0.3 is 0 Å². The Kier molecular flexibility index (Phi) is 3.55. The maximum absolute atomic E-state index is 4.53. The van der Waals surface area contributed by atoms with Crippen molar-refractivity contribution < 1.29 is 0 Å². The van der Waals surface area contributed by atoms with Crippen molar-refractivity contribution in [3.05, 3.63) is 61.3 Å². The molecule has 86 valence electrons. The van der Waals surface area contributed by atoms with E-state index in [4.69, 9.17) is 0 Å². The van der Waals surface area contributed by atoms with Crippen molar-refractivity contribution in [3.8, 4) is 0 Å². The van der Waals surface area contributed by atoms with E-state index in [2.05, 4.69) is 36.8 Å². The molecule has 0 aliphatic carbocycles. The van der Waals surface area contributed by atoms with Gasteiger partial charge in [0.2, 0.25) is 0 Å². The second kappa shape index (κ2) is 5.30. The first-order valence-electron chi connectivity index (χ1n) is 5.79. The van der Waals surface area contributed by atoms with Crippen LogP contribution in [0.25, 0.3) is 16.6 Å². The maximum atomic E-state index is 4.53. The molecule has 0 unspecified atom stereocenters. The summed E-state index contributed by atoms with van der Waals surface area (Å²) in [6.45, 7) is 5.85. The predicted molar refractivity (Wildman–Crippen MR) is 73.6 cm³/mol. The van der Waals surface area contributed by atoms with Crippen LogP contribution in [0.5, 0.6) is 0 Å². The van der Waals surface area contributed by atoms with Gasteiger partial charge in [-0.2, -0.15) is 5.10 Å². The van der Waals surface area contributed by atoms with Crippen molar-refractivity contribution in [1.82, 2.24) is 9.78 Å². The molecule has 0 saturated carbocycles. The summed E-state index contributed by atoms with van der Waals surface area (Å²) in [7, 11) is 0. The fraction of sp³-hybridized carbons (Fsp3) is 0.133. The lowest BCUT2D eigenvalue weighted by atomic mass is 10.3. The summed E-state index contributed by atoms with van der Waals surface area (Å²) in [4.78, 5) is 0. The maximum Gasteiger partial charge on any atom is 0.0927 e. The molecule has 17 heavy (non-hydrogen) atoms. The Morgan fingerprint density at radius 3 is 2.94 bits per heavy atom. The Morgan fingerprint density at radius 1 is 1.41 bits per heavy atom. The highest BCUT2D eigenvalue weighted by molar-refractivity contribution is 5.79. The molecule has 2 heteroatoms. The molecule has 1 aromatic heterocycles. The van der Waals surface area contributed by atoms with Gasteiger partial charge < -0.3 is 0 Å². The highest BCUT2D eigenvalue weighted by atomic mass is 15.3. The summed E-state index contributed by atoms with van der Waals surface area (Å²) in [5.41, 5.74) is 2.03. The van der Waals surface area contributed by atoms with Crippen LogP contribution in [-0.2, 0) is 0 Å². The number of rotatable bonds is 4. The minimum atomic E-state index is 1.01. The fourth-order valence-electron chi connectivity index (χ4n) is 1.66. The van der Waals surface area contributed by atoms with Crippen molar-refractivity contribution in [3.63, 3.8) is 0 Å². The molecular formula is C15H16N2. The topological polar surface area (TPSA) is 17.8 Å². The Balaban J connectivity index is 2.45. The Morgan fingerprint density at radius 2 is 2.24 bits per heavy atom. The third-order valence-corrected chi connectivity index (χ3v) is 2.49. The van der Waals surface area contributed by atoms with Gasteiger partial charge in [0.25, 0.3) is 0 Å². The lowest BCUT2D eigenvalue weighted by molar-refractivity contribution is 0.926. The van der Waals surface area contributed by atoms with Gasteiger partial charge in [-0.1, -0.05) is 43.9 Å². The van der Waals surface area contributed by atoms with Crippen LogP contribution in [0.15, 0.2) is 61.3 Å². The molecule has 0 aliphatic heterocycles. The van der Waals surface area contributed by atoms with Crippen molar-refractivity contribution in [1.29, 1.82) is 0 Å². The lowest BCUT2D eigenvalue weighted by Gasteiger charge is -2.00. The van der Waals surface area contributed by atoms with Gasteiger partial charge in [-0.3, -0.25) is 0 Å². The van der Waals surface area contributed by atoms with E-state index >= 15 is 0 Å². The van der Waals surface area contributed by atoms with E-state index in [1.165, 1.54) is 0 Å². The minimum Gasteiger partial charge on any atom is -0.240 e. The van der Waals surface area contributed by atoms with Crippen LogP contribution in [0.1, 0.15) is 13.3 Å². The second-order valence-corrected chi connectivity index (χ2v) is 3.77. The zero-order chi connectivity index (χ0) is 12.1. The van der Waals surface area contributed by atoms with E-state index in [1.807, 2.05) is 35.2 Å². The third-order valence-electron chi connectivity index (χ3n) is 2.49. The average Bonchev–Trinajstić information content (AvgIpc) is 2.78. The Bertz CT molecular complexity index is 540. The molecule has 2 rings (SSSR count). The van der Waals surface area contributed by atoms with Crippen LogP contribution < -0.4 is 0 Å². The molecule has 0 N–H and O–H groups in total. The Labute approximate surface area is 102 Å². The normalized spacial score (nSPS) is 12.4. The van der Waals surface area contributed by atoms with E-state index < -0.39 is 0 Å². The third kappa shape index (κ3) is 2.53. The smallest absolute Gasteiger partial charge is 0.0927 e. The van der Waals surface area contributed by atoms with Crippen LogP contribution in [-0.4, -0.2) is 9.78 Å².